The molecule has 2 N–H and O–H groups in total. The van der Waals surface area contributed by atoms with Crippen LogP contribution in [0.2, 0.25) is 0 Å². The van der Waals surface area contributed by atoms with Gasteiger partial charge in [-0.15, -0.1) is 0 Å². The lowest BCUT2D eigenvalue weighted by atomic mass is 10.1. The Kier molecular flexibility index (Phi) is 2.99. The van der Waals surface area contributed by atoms with Crippen LogP contribution in [0.1, 0.15) is 11.1 Å². The molecular formula is C16H16N4. The van der Waals surface area contributed by atoms with Crippen LogP contribution >= 0.6 is 0 Å². The van der Waals surface area contributed by atoms with Crippen LogP contribution in [0.5, 0.6) is 0 Å². The highest BCUT2D eigenvalue weighted by molar-refractivity contribution is 5.72. The summed E-state index contributed by atoms with van der Waals surface area (Å²) in [6.07, 6.45) is 3.57. The number of nitrogen functional groups attached to an aromatic ring is 1. The standard InChI is InChI=1S/C16H16N4/c1-11-3-5-13(6-4-11)16-14(17)10-20(19-16)15-9-12(2)7-8-18-15/h3-10H,17H2,1-2H3. The van der Waals surface area contributed by atoms with Crippen molar-refractivity contribution in [1.29, 1.82) is 0 Å². The molecule has 20 heavy (non-hydrogen) atoms. The van der Waals surface area contributed by atoms with Gasteiger partial charge in [-0.2, -0.15) is 5.10 Å². The number of nitrogens with two attached hydrogens (primary N) is 1. The third-order valence-electron chi connectivity index (χ3n) is 3.20. The average molecular weight is 264 g/mol. The van der Waals surface area contributed by atoms with Gasteiger partial charge >= 0.3 is 0 Å². The van der Waals surface area contributed by atoms with Gasteiger partial charge in [0.25, 0.3) is 0 Å². The molecule has 100 valence electrons. The van der Waals surface area contributed by atoms with Gasteiger partial charge in [-0.25, -0.2) is 9.67 Å². The number of pyridine rings is 1. The summed E-state index contributed by atoms with van der Waals surface area (Å²) >= 11 is 0. The van der Waals surface area contributed by atoms with Gasteiger partial charge in [-0.05, 0) is 31.5 Å². The van der Waals surface area contributed by atoms with Crippen molar-refractivity contribution in [3.63, 3.8) is 0 Å². The zero-order chi connectivity index (χ0) is 14.1. The third-order valence-corrected chi connectivity index (χ3v) is 3.20. The van der Waals surface area contributed by atoms with Crippen LogP contribution in [0, 0.1) is 13.8 Å². The van der Waals surface area contributed by atoms with Crippen LogP contribution in [0.25, 0.3) is 17.1 Å². The van der Waals surface area contributed by atoms with E-state index in [4.69, 9.17) is 5.73 Å². The maximum absolute atomic E-state index is 6.08. The molecule has 0 bridgehead atoms. The summed E-state index contributed by atoms with van der Waals surface area (Å²) in [7, 11) is 0. The molecule has 0 aliphatic carbocycles. The Morgan fingerprint density at radius 3 is 2.45 bits per heavy atom. The van der Waals surface area contributed by atoms with Crippen molar-refractivity contribution in [3.8, 4) is 17.1 Å². The second-order valence-corrected chi connectivity index (χ2v) is 4.94. The maximum Gasteiger partial charge on any atom is 0.153 e. The largest absolute Gasteiger partial charge is 0.396 e. The molecule has 0 fully saturated rings. The quantitative estimate of drug-likeness (QED) is 0.773. The van der Waals surface area contributed by atoms with E-state index in [0.29, 0.717) is 5.69 Å². The van der Waals surface area contributed by atoms with Crippen molar-refractivity contribution >= 4 is 5.69 Å². The van der Waals surface area contributed by atoms with Crippen LogP contribution < -0.4 is 5.73 Å². The van der Waals surface area contributed by atoms with Crippen molar-refractivity contribution in [2.24, 2.45) is 0 Å². The van der Waals surface area contributed by atoms with Gasteiger partial charge in [0.1, 0.15) is 5.69 Å². The molecule has 0 saturated carbocycles. The number of aryl methyl sites for hydroxylation is 2. The van der Waals surface area contributed by atoms with E-state index in [1.807, 2.05) is 31.2 Å². The Hall–Kier alpha value is -2.62. The molecule has 0 aliphatic heterocycles. The third kappa shape index (κ3) is 2.28. The lowest BCUT2D eigenvalue weighted by Crippen LogP contribution is -1.98. The van der Waals surface area contributed by atoms with Crippen molar-refractivity contribution < 1.29 is 0 Å². The topological polar surface area (TPSA) is 56.7 Å². The highest BCUT2D eigenvalue weighted by Crippen LogP contribution is 2.25. The molecular weight excluding hydrogens is 248 g/mol. The highest BCUT2D eigenvalue weighted by atomic mass is 15.3. The Balaban J connectivity index is 2.05. The Labute approximate surface area is 117 Å². The number of benzene rings is 1. The molecule has 3 aromatic rings. The van der Waals surface area contributed by atoms with Crippen molar-refractivity contribution in [1.82, 2.24) is 14.8 Å². The first-order valence-corrected chi connectivity index (χ1v) is 6.49. The predicted molar refractivity (Wildman–Crippen MR) is 80.7 cm³/mol. The van der Waals surface area contributed by atoms with Crippen LogP contribution in [-0.4, -0.2) is 14.8 Å². The first-order chi connectivity index (χ1) is 9.63. The van der Waals surface area contributed by atoms with Crippen molar-refractivity contribution in [2.75, 3.05) is 5.73 Å². The fraction of sp³-hybridized carbons (Fsp3) is 0.125. The molecule has 2 heterocycles. The van der Waals surface area contributed by atoms with Crippen molar-refractivity contribution in [3.05, 3.63) is 59.9 Å². The lowest BCUT2D eigenvalue weighted by molar-refractivity contribution is 0.848. The first-order valence-electron chi connectivity index (χ1n) is 6.49. The second kappa shape index (κ2) is 4.81. The van der Waals surface area contributed by atoms with E-state index in [1.54, 1.807) is 17.1 Å². The molecule has 0 amide bonds. The van der Waals surface area contributed by atoms with E-state index in [1.165, 1.54) is 5.56 Å². The second-order valence-electron chi connectivity index (χ2n) is 4.94. The zero-order valence-corrected chi connectivity index (χ0v) is 11.5. The lowest BCUT2D eigenvalue weighted by Gasteiger charge is -2.01. The van der Waals surface area contributed by atoms with Gasteiger partial charge in [0.2, 0.25) is 0 Å². The molecule has 2 aromatic heterocycles. The summed E-state index contributed by atoms with van der Waals surface area (Å²) in [6.45, 7) is 4.08. The molecule has 0 spiro atoms. The fourth-order valence-corrected chi connectivity index (χ4v) is 2.09. The van der Waals surface area contributed by atoms with Gasteiger partial charge in [-0.3, -0.25) is 0 Å². The summed E-state index contributed by atoms with van der Waals surface area (Å²) < 4.78 is 1.72. The summed E-state index contributed by atoms with van der Waals surface area (Å²) in [5.41, 5.74) is 10.9. The van der Waals surface area contributed by atoms with E-state index in [9.17, 15) is 0 Å². The van der Waals surface area contributed by atoms with E-state index >= 15 is 0 Å². The number of hydrogen-bond acceptors (Lipinski definition) is 3. The van der Waals surface area contributed by atoms with E-state index in [0.717, 1.165) is 22.6 Å². The first kappa shape index (κ1) is 12.4. The van der Waals surface area contributed by atoms with Crippen LogP contribution in [-0.2, 0) is 0 Å². The van der Waals surface area contributed by atoms with Gasteiger partial charge in [0.05, 0.1) is 11.9 Å². The molecule has 0 unspecified atom stereocenters. The number of rotatable bonds is 2. The number of aromatic nitrogens is 3. The molecule has 0 atom stereocenters. The summed E-state index contributed by atoms with van der Waals surface area (Å²) in [5.74, 6) is 0.773. The molecule has 4 nitrogen and oxygen atoms in total. The van der Waals surface area contributed by atoms with Gasteiger partial charge in [0.15, 0.2) is 5.82 Å². The summed E-state index contributed by atoms with van der Waals surface area (Å²) in [5, 5.41) is 4.55. The molecule has 3 rings (SSSR count). The Bertz CT molecular complexity index is 741. The highest BCUT2D eigenvalue weighted by Gasteiger charge is 2.10. The molecule has 4 heteroatoms. The van der Waals surface area contributed by atoms with E-state index < -0.39 is 0 Å². The maximum atomic E-state index is 6.08. The van der Waals surface area contributed by atoms with Gasteiger partial charge in [-0.1, -0.05) is 29.8 Å². The minimum Gasteiger partial charge on any atom is -0.396 e. The molecule has 0 saturated heterocycles. The monoisotopic (exact) mass is 264 g/mol. The van der Waals surface area contributed by atoms with Gasteiger partial charge < -0.3 is 5.73 Å². The summed E-state index contributed by atoms with van der Waals surface area (Å²) in [6, 6.07) is 12.1. The fourth-order valence-electron chi connectivity index (χ4n) is 2.09. The molecule has 0 radical (unpaired) electrons. The van der Waals surface area contributed by atoms with E-state index in [-0.39, 0.29) is 0 Å². The minimum absolute atomic E-state index is 0.650. The molecule has 1 aromatic carbocycles. The van der Waals surface area contributed by atoms with Crippen LogP contribution in [0.3, 0.4) is 0 Å². The minimum atomic E-state index is 0.650. The zero-order valence-electron chi connectivity index (χ0n) is 11.5. The predicted octanol–water partition coefficient (Wildman–Crippen LogP) is 3.13. The summed E-state index contributed by atoms with van der Waals surface area (Å²) in [4.78, 5) is 4.32. The van der Waals surface area contributed by atoms with E-state index in [2.05, 4.69) is 29.1 Å². The number of nitrogens with zero attached hydrogens (tertiary/aromatic N) is 3. The van der Waals surface area contributed by atoms with Gasteiger partial charge in [0, 0.05) is 11.8 Å². The van der Waals surface area contributed by atoms with Crippen LogP contribution in [0.4, 0.5) is 5.69 Å². The smallest absolute Gasteiger partial charge is 0.153 e. The number of hydrogen-bond donors (Lipinski definition) is 1. The average Bonchev–Trinajstić information content (AvgIpc) is 2.82. The van der Waals surface area contributed by atoms with Crippen molar-refractivity contribution in [2.45, 2.75) is 13.8 Å². The normalized spacial score (nSPS) is 10.7. The molecule has 0 aliphatic rings. The van der Waals surface area contributed by atoms with Crippen LogP contribution in [0.15, 0.2) is 48.8 Å². The Morgan fingerprint density at radius 1 is 1.00 bits per heavy atom. The SMILES string of the molecule is Cc1ccc(-c2nn(-c3cc(C)ccn3)cc2N)cc1. The number of anilines is 1. The Morgan fingerprint density at radius 2 is 1.75 bits per heavy atom.